The Labute approximate surface area is 177 Å². The fourth-order valence-electron chi connectivity index (χ4n) is 1.18. The largest absolute Gasteiger partial charge is 0.425 e. The fraction of sp³-hybridized carbons (Fsp3) is 1.00. The second-order valence-corrected chi connectivity index (χ2v) is 8.49. The molecule has 0 aromatic rings. The second kappa shape index (κ2) is 13.1. The lowest BCUT2D eigenvalue weighted by molar-refractivity contribution is -0.238. The van der Waals surface area contributed by atoms with E-state index in [-0.39, 0.29) is 13.2 Å². The van der Waals surface area contributed by atoms with Gasteiger partial charge in [0.2, 0.25) is 0 Å². The lowest BCUT2D eigenvalue weighted by Gasteiger charge is -2.21. The van der Waals surface area contributed by atoms with E-state index in [9.17, 15) is 69.5 Å². The van der Waals surface area contributed by atoms with Crippen molar-refractivity contribution in [3.8, 4) is 0 Å². The summed E-state index contributed by atoms with van der Waals surface area (Å²) in [6.45, 7) is 0.188. The Morgan fingerprint density at radius 2 is 0.788 bits per heavy atom. The van der Waals surface area contributed by atoms with E-state index in [0.717, 1.165) is 0 Å². The quantitative estimate of drug-likeness (QED) is 0.257. The number of aliphatic hydroxyl groups is 2. The SMILES string of the molecule is O=S(=O)(O)CC(F)(F)C(F)C(F)(F)F.O=S(=O)(O)CC(F)(F)C(F)C(F)(F)F.OCCCO. The number of alkyl halides is 12. The molecule has 0 fully saturated rings. The molecular weight excluding hydrogens is 552 g/mol. The van der Waals surface area contributed by atoms with Crippen molar-refractivity contribution in [3.05, 3.63) is 0 Å². The van der Waals surface area contributed by atoms with Gasteiger partial charge in [-0.2, -0.15) is 43.2 Å². The first kappa shape index (κ1) is 36.5. The highest BCUT2D eigenvalue weighted by atomic mass is 32.2. The summed E-state index contributed by atoms with van der Waals surface area (Å²) in [5.74, 6) is -15.6. The second-order valence-electron chi connectivity index (χ2n) is 5.58. The lowest BCUT2D eigenvalue weighted by atomic mass is 10.2. The van der Waals surface area contributed by atoms with Gasteiger partial charge in [0.1, 0.15) is 11.5 Å². The molecule has 4 N–H and O–H groups in total. The van der Waals surface area contributed by atoms with E-state index in [1.807, 2.05) is 0 Å². The molecule has 0 saturated heterocycles. The Bertz CT molecular complexity index is 699. The minimum absolute atomic E-state index is 0.0938. The summed E-state index contributed by atoms with van der Waals surface area (Å²) in [7, 11) is -10.8. The van der Waals surface area contributed by atoms with E-state index in [0.29, 0.717) is 6.42 Å². The third kappa shape index (κ3) is 19.0. The summed E-state index contributed by atoms with van der Waals surface area (Å²) >= 11 is 0. The number of rotatable bonds is 8. The van der Waals surface area contributed by atoms with Gasteiger partial charge in [0.25, 0.3) is 32.6 Å². The average Bonchev–Trinajstić information content (AvgIpc) is 2.49. The maximum atomic E-state index is 12.2. The van der Waals surface area contributed by atoms with E-state index in [2.05, 4.69) is 0 Å². The number of aliphatic hydroxyl groups excluding tert-OH is 2. The Morgan fingerprint density at radius 3 is 0.879 bits per heavy atom. The first-order chi connectivity index (χ1) is 14.1. The maximum Gasteiger partial charge on any atom is 0.425 e. The Balaban J connectivity index is -0.000000453. The molecule has 0 amide bonds. The molecule has 0 radical (unpaired) electrons. The molecule has 0 spiro atoms. The van der Waals surface area contributed by atoms with Gasteiger partial charge in [0, 0.05) is 13.2 Å². The van der Waals surface area contributed by atoms with Crippen LogP contribution in [0, 0.1) is 0 Å². The molecule has 204 valence electrons. The van der Waals surface area contributed by atoms with E-state index >= 15 is 0 Å². The smallest absolute Gasteiger partial charge is 0.396 e. The van der Waals surface area contributed by atoms with Crippen molar-refractivity contribution >= 4 is 20.2 Å². The van der Waals surface area contributed by atoms with Crippen molar-refractivity contribution in [2.45, 2.75) is 43.0 Å². The molecule has 33 heavy (non-hydrogen) atoms. The maximum absolute atomic E-state index is 12.2. The number of halogens is 12. The van der Waals surface area contributed by atoms with Crippen LogP contribution in [0.3, 0.4) is 0 Å². The van der Waals surface area contributed by atoms with Crippen LogP contribution >= 0.6 is 0 Å². The zero-order chi connectivity index (χ0) is 27.7. The van der Waals surface area contributed by atoms with Crippen LogP contribution in [0.25, 0.3) is 0 Å². The summed E-state index contributed by atoms with van der Waals surface area (Å²) in [5, 5.41) is 15.8. The number of hydrogen-bond donors (Lipinski definition) is 4. The van der Waals surface area contributed by atoms with Crippen molar-refractivity contribution in [1.29, 1.82) is 0 Å². The van der Waals surface area contributed by atoms with Crippen LogP contribution in [0.4, 0.5) is 52.7 Å². The van der Waals surface area contributed by atoms with Gasteiger partial charge in [-0.25, -0.2) is 26.3 Å². The summed E-state index contributed by atoms with van der Waals surface area (Å²) in [4.78, 5) is 0. The van der Waals surface area contributed by atoms with E-state index < -0.39 is 68.3 Å². The molecule has 2 atom stereocenters. The Hall–Kier alpha value is -1.10. The highest BCUT2D eigenvalue weighted by Gasteiger charge is 2.59. The molecule has 0 bridgehead atoms. The Kier molecular flexibility index (Phi) is 14.5. The molecule has 0 aromatic heterocycles. The third-order valence-electron chi connectivity index (χ3n) is 2.38. The summed E-state index contributed by atoms with van der Waals surface area (Å²) in [6, 6.07) is 0. The Morgan fingerprint density at radius 1 is 0.576 bits per heavy atom. The topological polar surface area (TPSA) is 149 Å². The van der Waals surface area contributed by atoms with Crippen molar-refractivity contribution < 1.29 is 88.8 Å². The third-order valence-corrected chi connectivity index (χ3v) is 3.88. The minimum Gasteiger partial charge on any atom is -0.396 e. The van der Waals surface area contributed by atoms with Gasteiger partial charge in [-0.1, -0.05) is 0 Å². The van der Waals surface area contributed by atoms with Crippen molar-refractivity contribution in [2.75, 3.05) is 24.7 Å². The van der Waals surface area contributed by atoms with Crippen LogP contribution in [0.1, 0.15) is 6.42 Å². The molecule has 2 unspecified atom stereocenters. The van der Waals surface area contributed by atoms with Crippen molar-refractivity contribution in [2.24, 2.45) is 0 Å². The molecule has 0 heterocycles. The first-order valence-electron chi connectivity index (χ1n) is 7.43. The van der Waals surface area contributed by atoms with Crippen molar-refractivity contribution in [1.82, 2.24) is 0 Å². The predicted molar refractivity (Wildman–Crippen MR) is 83.4 cm³/mol. The normalized spacial score (nSPS) is 15.5. The zero-order valence-electron chi connectivity index (χ0n) is 15.5. The van der Waals surface area contributed by atoms with E-state index in [1.54, 1.807) is 0 Å². The minimum atomic E-state index is -5.88. The zero-order valence-corrected chi connectivity index (χ0v) is 17.1. The van der Waals surface area contributed by atoms with Gasteiger partial charge < -0.3 is 10.2 Å². The molecule has 0 aliphatic carbocycles. The predicted octanol–water partition coefficient (Wildman–Crippen LogP) is 2.18. The van der Waals surface area contributed by atoms with Gasteiger partial charge in [-0.05, 0) is 6.42 Å². The van der Waals surface area contributed by atoms with E-state index in [4.69, 9.17) is 19.3 Å². The molecular formula is C11H16F12O8S2. The van der Waals surface area contributed by atoms with Gasteiger partial charge >= 0.3 is 24.2 Å². The monoisotopic (exact) mass is 568 g/mol. The van der Waals surface area contributed by atoms with Crippen LogP contribution < -0.4 is 0 Å². The highest BCUT2D eigenvalue weighted by Crippen LogP contribution is 2.36. The fourth-order valence-corrected chi connectivity index (χ4v) is 2.45. The van der Waals surface area contributed by atoms with Gasteiger partial charge in [-0.3, -0.25) is 9.11 Å². The van der Waals surface area contributed by atoms with Crippen LogP contribution in [0.15, 0.2) is 0 Å². The van der Waals surface area contributed by atoms with Crippen LogP contribution in [-0.4, -0.2) is 97.4 Å². The van der Waals surface area contributed by atoms with Gasteiger partial charge in [0.05, 0.1) is 0 Å². The number of hydrogen-bond acceptors (Lipinski definition) is 6. The van der Waals surface area contributed by atoms with E-state index in [1.165, 1.54) is 0 Å². The molecule has 22 heteroatoms. The summed E-state index contributed by atoms with van der Waals surface area (Å²) in [6.07, 6.45) is -20.5. The highest BCUT2D eigenvalue weighted by molar-refractivity contribution is 7.86. The van der Waals surface area contributed by atoms with Gasteiger partial charge in [-0.15, -0.1) is 0 Å². The average molecular weight is 568 g/mol. The molecule has 0 aromatic carbocycles. The molecule has 0 aliphatic heterocycles. The lowest BCUT2D eigenvalue weighted by Crippen LogP contribution is -2.46. The summed E-state index contributed by atoms with van der Waals surface area (Å²) in [5.41, 5.74) is 0. The molecule has 0 aliphatic rings. The molecule has 8 nitrogen and oxygen atoms in total. The van der Waals surface area contributed by atoms with Crippen LogP contribution in [0.2, 0.25) is 0 Å². The first-order valence-corrected chi connectivity index (χ1v) is 10.6. The summed E-state index contributed by atoms with van der Waals surface area (Å²) < 4.78 is 196. The van der Waals surface area contributed by atoms with Crippen LogP contribution in [0.5, 0.6) is 0 Å². The van der Waals surface area contributed by atoms with Gasteiger partial charge in [0.15, 0.2) is 0 Å². The molecule has 0 saturated carbocycles. The standard InChI is InChI=1S/2C4H4F6O3S.C3H8O2/c2*5-2(4(8,9)10)3(6,7)1-14(11,12)13;4-2-1-3-5/h2*2H,1H2,(H,11,12,13);4-5H,1-3H2. The van der Waals surface area contributed by atoms with Crippen molar-refractivity contribution in [3.63, 3.8) is 0 Å². The molecule has 0 rings (SSSR count). The van der Waals surface area contributed by atoms with Crippen LogP contribution in [-0.2, 0) is 20.2 Å².